The number of rotatable bonds is 3. The third-order valence-electron chi connectivity index (χ3n) is 3.54. The lowest BCUT2D eigenvalue weighted by molar-refractivity contribution is 0.725. The Morgan fingerprint density at radius 1 is 1.05 bits per heavy atom. The van der Waals surface area contributed by atoms with Crippen molar-refractivity contribution in [1.29, 1.82) is 0 Å². The number of aromatic nitrogens is 1. The minimum absolute atomic E-state index is 0.180. The smallest absolute Gasteiger partial charge is 0.0704 e. The van der Waals surface area contributed by atoms with Crippen LogP contribution in [0.3, 0.4) is 0 Å². The molecule has 2 nitrogen and oxygen atoms in total. The lowest BCUT2D eigenvalue weighted by Crippen LogP contribution is -2.14. The van der Waals surface area contributed by atoms with Gasteiger partial charge in [-0.2, -0.15) is 0 Å². The van der Waals surface area contributed by atoms with Crippen molar-refractivity contribution < 1.29 is 0 Å². The van der Waals surface area contributed by atoms with Gasteiger partial charge >= 0.3 is 0 Å². The Kier molecular flexibility index (Phi) is 4.11. The number of nitrogens with two attached hydrogens (primary N) is 1. The summed E-state index contributed by atoms with van der Waals surface area (Å²) in [6.07, 6.45) is 2.51. The first-order chi connectivity index (χ1) is 10.1. The van der Waals surface area contributed by atoms with Gasteiger partial charge in [0, 0.05) is 27.7 Å². The van der Waals surface area contributed by atoms with E-state index in [9.17, 15) is 0 Å². The second-order valence-corrected chi connectivity index (χ2v) is 5.81. The molecule has 1 atom stereocenters. The molecule has 3 rings (SSSR count). The number of benzene rings is 2. The summed E-state index contributed by atoms with van der Waals surface area (Å²) in [7, 11) is 0. The first kappa shape index (κ1) is 14.3. The summed E-state index contributed by atoms with van der Waals surface area (Å²) in [5, 5.41) is 2.35. The molecule has 0 aliphatic carbocycles. The molecule has 0 fully saturated rings. The van der Waals surface area contributed by atoms with Gasteiger partial charge in [0.15, 0.2) is 0 Å². The number of para-hydroxylation sites is 1. The van der Waals surface area contributed by atoms with Gasteiger partial charge in [0.1, 0.15) is 0 Å². The standard InChI is InChI=1S/C17H14Cl2N2/c18-12-5-6-14(15(19)10-12)16(20)9-11-7-8-21-17-4-2-1-3-13(11)17/h1-8,10,16H,9,20H2. The van der Waals surface area contributed by atoms with Crippen LogP contribution in [0.1, 0.15) is 17.2 Å². The molecule has 4 heteroatoms. The van der Waals surface area contributed by atoms with Gasteiger partial charge in [-0.05, 0) is 41.8 Å². The van der Waals surface area contributed by atoms with Crippen molar-refractivity contribution in [3.63, 3.8) is 0 Å². The van der Waals surface area contributed by atoms with E-state index >= 15 is 0 Å². The molecule has 21 heavy (non-hydrogen) atoms. The average molecular weight is 317 g/mol. The predicted octanol–water partition coefficient (Wildman–Crippen LogP) is 4.78. The van der Waals surface area contributed by atoms with E-state index in [4.69, 9.17) is 28.9 Å². The van der Waals surface area contributed by atoms with E-state index in [2.05, 4.69) is 11.1 Å². The molecular weight excluding hydrogens is 303 g/mol. The second kappa shape index (κ2) is 6.02. The zero-order valence-electron chi connectivity index (χ0n) is 11.3. The van der Waals surface area contributed by atoms with Gasteiger partial charge in [-0.25, -0.2) is 0 Å². The highest BCUT2D eigenvalue weighted by Crippen LogP contribution is 2.28. The summed E-state index contributed by atoms with van der Waals surface area (Å²) < 4.78 is 0. The average Bonchev–Trinajstić information content (AvgIpc) is 2.47. The van der Waals surface area contributed by atoms with Crippen molar-refractivity contribution in [1.82, 2.24) is 4.98 Å². The number of pyridine rings is 1. The summed E-state index contributed by atoms with van der Waals surface area (Å²) in [4.78, 5) is 4.37. The van der Waals surface area contributed by atoms with Gasteiger partial charge in [0.05, 0.1) is 5.52 Å². The molecule has 3 aromatic rings. The molecule has 0 saturated heterocycles. The Hall–Kier alpha value is -1.61. The van der Waals surface area contributed by atoms with Crippen LogP contribution < -0.4 is 5.73 Å². The van der Waals surface area contributed by atoms with E-state index < -0.39 is 0 Å². The molecule has 1 unspecified atom stereocenters. The fourth-order valence-electron chi connectivity index (χ4n) is 2.48. The normalized spacial score (nSPS) is 12.5. The molecule has 0 saturated carbocycles. The zero-order valence-corrected chi connectivity index (χ0v) is 12.8. The van der Waals surface area contributed by atoms with E-state index in [1.54, 1.807) is 6.07 Å². The molecule has 0 radical (unpaired) electrons. The fraction of sp³-hybridized carbons (Fsp3) is 0.118. The van der Waals surface area contributed by atoms with E-state index in [1.807, 2.05) is 42.6 Å². The van der Waals surface area contributed by atoms with E-state index in [0.29, 0.717) is 16.5 Å². The molecule has 2 aromatic carbocycles. The van der Waals surface area contributed by atoms with Gasteiger partial charge in [0.2, 0.25) is 0 Å². The van der Waals surface area contributed by atoms with Crippen molar-refractivity contribution >= 4 is 34.1 Å². The maximum absolute atomic E-state index is 6.32. The summed E-state index contributed by atoms with van der Waals surface area (Å²) in [6.45, 7) is 0. The molecule has 1 aromatic heterocycles. The van der Waals surface area contributed by atoms with Crippen LogP contribution in [0.25, 0.3) is 10.9 Å². The van der Waals surface area contributed by atoms with E-state index in [0.717, 1.165) is 16.5 Å². The predicted molar refractivity (Wildman–Crippen MR) is 88.8 cm³/mol. The third-order valence-corrected chi connectivity index (χ3v) is 4.10. The topological polar surface area (TPSA) is 38.9 Å². The highest BCUT2D eigenvalue weighted by Gasteiger charge is 2.13. The highest BCUT2D eigenvalue weighted by molar-refractivity contribution is 6.35. The SMILES string of the molecule is NC(Cc1ccnc2ccccc12)c1ccc(Cl)cc1Cl. The third kappa shape index (κ3) is 3.03. The monoisotopic (exact) mass is 316 g/mol. The fourth-order valence-corrected chi connectivity index (χ4v) is 3.03. The van der Waals surface area contributed by atoms with Crippen molar-refractivity contribution in [2.45, 2.75) is 12.5 Å². The van der Waals surface area contributed by atoms with Crippen LogP contribution in [0.2, 0.25) is 10.0 Å². The highest BCUT2D eigenvalue weighted by atomic mass is 35.5. The minimum Gasteiger partial charge on any atom is -0.324 e. The number of halogens is 2. The van der Waals surface area contributed by atoms with Gasteiger partial charge < -0.3 is 5.73 Å². The Labute approximate surface area is 133 Å². The molecule has 0 spiro atoms. The quantitative estimate of drug-likeness (QED) is 0.755. The first-order valence-electron chi connectivity index (χ1n) is 6.68. The van der Waals surface area contributed by atoms with Crippen LogP contribution in [0.4, 0.5) is 0 Å². The molecule has 0 aliphatic rings. The maximum atomic E-state index is 6.32. The maximum Gasteiger partial charge on any atom is 0.0704 e. The summed E-state index contributed by atoms with van der Waals surface area (Å²) >= 11 is 12.2. The summed E-state index contributed by atoms with van der Waals surface area (Å²) in [5.74, 6) is 0. The van der Waals surface area contributed by atoms with Crippen molar-refractivity contribution in [3.8, 4) is 0 Å². The Morgan fingerprint density at radius 2 is 1.86 bits per heavy atom. The van der Waals surface area contributed by atoms with Gasteiger partial charge in [-0.1, -0.05) is 47.5 Å². The largest absolute Gasteiger partial charge is 0.324 e. The Bertz CT molecular complexity index is 781. The van der Waals surface area contributed by atoms with E-state index in [1.165, 1.54) is 5.56 Å². The molecule has 2 N–H and O–H groups in total. The van der Waals surface area contributed by atoms with Crippen LogP contribution in [-0.4, -0.2) is 4.98 Å². The van der Waals surface area contributed by atoms with Gasteiger partial charge in [-0.15, -0.1) is 0 Å². The zero-order chi connectivity index (χ0) is 14.8. The number of hydrogen-bond acceptors (Lipinski definition) is 2. The molecule has 0 bridgehead atoms. The lowest BCUT2D eigenvalue weighted by atomic mass is 9.97. The van der Waals surface area contributed by atoms with E-state index in [-0.39, 0.29) is 6.04 Å². The summed E-state index contributed by atoms with van der Waals surface area (Å²) in [5.41, 5.74) is 9.37. The Balaban J connectivity index is 1.94. The number of nitrogens with zero attached hydrogens (tertiary/aromatic N) is 1. The minimum atomic E-state index is -0.180. The molecular formula is C17H14Cl2N2. The van der Waals surface area contributed by atoms with Crippen LogP contribution in [0.15, 0.2) is 54.7 Å². The lowest BCUT2D eigenvalue weighted by Gasteiger charge is -2.15. The van der Waals surface area contributed by atoms with Crippen molar-refractivity contribution in [3.05, 3.63) is 75.9 Å². The second-order valence-electron chi connectivity index (χ2n) is 4.96. The molecule has 0 aliphatic heterocycles. The number of fused-ring (bicyclic) bond motifs is 1. The van der Waals surface area contributed by atoms with Crippen molar-refractivity contribution in [2.24, 2.45) is 5.73 Å². The van der Waals surface area contributed by atoms with Gasteiger partial charge in [0.25, 0.3) is 0 Å². The molecule has 1 heterocycles. The van der Waals surface area contributed by atoms with Crippen molar-refractivity contribution in [2.75, 3.05) is 0 Å². The molecule has 106 valence electrons. The van der Waals surface area contributed by atoms with Crippen LogP contribution >= 0.6 is 23.2 Å². The van der Waals surface area contributed by atoms with Crippen LogP contribution in [-0.2, 0) is 6.42 Å². The first-order valence-corrected chi connectivity index (χ1v) is 7.44. The van der Waals surface area contributed by atoms with Crippen LogP contribution in [0.5, 0.6) is 0 Å². The van der Waals surface area contributed by atoms with Gasteiger partial charge in [-0.3, -0.25) is 4.98 Å². The molecule has 0 amide bonds. The summed E-state index contributed by atoms with van der Waals surface area (Å²) in [6, 6.07) is 15.3. The van der Waals surface area contributed by atoms with Crippen LogP contribution in [0, 0.1) is 0 Å². The number of hydrogen-bond donors (Lipinski definition) is 1. The Morgan fingerprint density at radius 3 is 2.67 bits per heavy atom.